The van der Waals surface area contributed by atoms with Gasteiger partial charge in [-0.25, -0.2) is 14.6 Å². The minimum absolute atomic E-state index is 0.103. The molecule has 0 aromatic heterocycles. The van der Waals surface area contributed by atoms with Crippen molar-refractivity contribution in [3.63, 3.8) is 0 Å². The summed E-state index contributed by atoms with van der Waals surface area (Å²) in [6, 6.07) is 17.8. The zero-order chi connectivity index (χ0) is 22.8. The van der Waals surface area contributed by atoms with Crippen molar-refractivity contribution in [1.29, 1.82) is 0 Å². The lowest BCUT2D eigenvalue weighted by molar-refractivity contribution is -0.129. The molecule has 1 aliphatic heterocycles. The number of hydrogen-bond acceptors (Lipinski definition) is 5. The molecule has 0 aliphatic carbocycles. The van der Waals surface area contributed by atoms with Gasteiger partial charge in [-0.15, -0.1) is 0 Å². The Morgan fingerprint density at radius 2 is 1.66 bits per heavy atom. The summed E-state index contributed by atoms with van der Waals surface area (Å²) >= 11 is 10.2. The molecule has 0 spiro atoms. The first-order chi connectivity index (χ1) is 15.3. The quantitative estimate of drug-likeness (QED) is 0.182. The highest BCUT2D eigenvalue weighted by molar-refractivity contribution is 9.11. The van der Waals surface area contributed by atoms with Crippen molar-refractivity contribution in [2.45, 2.75) is 6.92 Å². The smallest absolute Gasteiger partial charge is 0.363 e. The second-order valence-electron chi connectivity index (χ2n) is 6.90. The van der Waals surface area contributed by atoms with Crippen LogP contribution in [-0.4, -0.2) is 17.8 Å². The summed E-state index contributed by atoms with van der Waals surface area (Å²) in [6.45, 7) is 1.97. The van der Waals surface area contributed by atoms with Gasteiger partial charge in [-0.1, -0.05) is 49.6 Å². The van der Waals surface area contributed by atoms with E-state index in [0.29, 0.717) is 21.2 Å². The van der Waals surface area contributed by atoms with Crippen LogP contribution < -0.4 is 4.74 Å². The second-order valence-corrected chi connectivity index (χ2v) is 9.59. The summed E-state index contributed by atoms with van der Waals surface area (Å²) in [5.74, 6) is -0.621. The van der Waals surface area contributed by atoms with E-state index in [1.54, 1.807) is 36.4 Å². The zero-order valence-corrected chi connectivity index (χ0v) is 21.3. The molecule has 0 unspecified atom stereocenters. The van der Waals surface area contributed by atoms with Gasteiger partial charge in [0.05, 0.1) is 10.0 Å². The van der Waals surface area contributed by atoms with Gasteiger partial charge in [-0.3, -0.25) is 0 Å². The molecule has 8 heteroatoms. The first kappa shape index (κ1) is 22.6. The molecular weight excluding hydrogens is 606 g/mol. The summed E-state index contributed by atoms with van der Waals surface area (Å²) in [7, 11) is 0. The number of aryl methyl sites for hydroxylation is 1. The molecule has 0 N–H and O–H groups in total. The molecule has 4 rings (SSSR count). The summed E-state index contributed by atoms with van der Waals surface area (Å²) in [6.07, 6.45) is 1.53. The fourth-order valence-corrected chi connectivity index (χ4v) is 4.51. The van der Waals surface area contributed by atoms with Crippen LogP contribution in [0, 0.1) is 6.92 Å². The number of rotatable bonds is 4. The molecule has 0 radical (unpaired) electrons. The molecule has 32 heavy (non-hydrogen) atoms. The average molecular weight is 620 g/mol. The number of esters is 2. The number of cyclic esters (lactones) is 1. The van der Waals surface area contributed by atoms with Crippen molar-refractivity contribution in [3.05, 3.63) is 102 Å². The van der Waals surface area contributed by atoms with E-state index in [4.69, 9.17) is 9.47 Å². The lowest BCUT2D eigenvalue weighted by Gasteiger charge is -2.11. The van der Waals surface area contributed by atoms with E-state index in [1.807, 2.05) is 31.2 Å². The van der Waals surface area contributed by atoms with Crippen LogP contribution in [0.25, 0.3) is 6.08 Å². The number of carbonyl (C=O) groups excluding carboxylic acids is 2. The van der Waals surface area contributed by atoms with Crippen molar-refractivity contribution in [1.82, 2.24) is 0 Å². The number of aliphatic imine (C=N–C) groups is 1. The van der Waals surface area contributed by atoms with E-state index in [-0.39, 0.29) is 17.3 Å². The number of ether oxygens (including phenoxy) is 2. The fraction of sp³-hybridized carbons (Fsp3) is 0.0417. The van der Waals surface area contributed by atoms with Crippen LogP contribution in [0.3, 0.4) is 0 Å². The van der Waals surface area contributed by atoms with Gasteiger partial charge in [0.2, 0.25) is 5.90 Å². The van der Waals surface area contributed by atoms with Gasteiger partial charge in [-0.05, 0) is 77.5 Å². The molecule has 160 valence electrons. The van der Waals surface area contributed by atoms with Gasteiger partial charge >= 0.3 is 11.9 Å². The second kappa shape index (κ2) is 9.52. The number of halogens is 3. The molecule has 3 aromatic rings. The van der Waals surface area contributed by atoms with Gasteiger partial charge in [-0.2, -0.15) is 0 Å². The Morgan fingerprint density at radius 1 is 0.969 bits per heavy atom. The number of carbonyl (C=O) groups is 2. The Morgan fingerprint density at radius 3 is 2.34 bits per heavy atom. The molecule has 0 saturated carbocycles. The lowest BCUT2D eigenvalue weighted by Crippen LogP contribution is -2.10. The van der Waals surface area contributed by atoms with Crippen molar-refractivity contribution >= 4 is 71.7 Å². The standard InChI is InChI=1S/C24H14Br3NO4/c1-13-2-4-14(5-3-13)22-28-20(24(30)32-22)11-16-10-18(26)12-19(27)21(16)31-23(29)15-6-8-17(25)9-7-15/h2-12H,1H3/b20-11-. The largest absolute Gasteiger partial charge is 0.421 e. The highest BCUT2D eigenvalue weighted by Gasteiger charge is 2.25. The lowest BCUT2D eigenvalue weighted by atomic mass is 10.1. The minimum Gasteiger partial charge on any atom is -0.421 e. The molecular formula is C24H14Br3NO4. The third-order valence-corrected chi connectivity index (χ3v) is 6.10. The van der Waals surface area contributed by atoms with Gasteiger partial charge < -0.3 is 9.47 Å². The monoisotopic (exact) mass is 617 g/mol. The fourth-order valence-electron chi connectivity index (χ4n) is 2.91. The van der Waals surface area contributed by atoms with E-state index in [9.17, 15) is 9.59 Å². The van der Waals surface area contributed by atoms with Crippen LogP contribution in [0.1, 0.15) is 27.0 Å². The summed E-state index contributed by atoms with van der Waals surface area (Å²) in [5, 5.41) is 0. The van der Waals surface area contributed by atoms with Crippen molar-refractivity contribution in [2.75, 3.05) is 0 Å². The van der Waals surface area contributed by atoms with Crippen LogP contribution in [0.2, 0.25) is 0 Å². The van der Waals surface area contributed by atoms with Crippen LogP contribution in [0.15, 0.2) is 84.8 Å². The molecule has 1 heterocycles. The van der Waals surface area contributed by atoms with Crippen LogP contribution in [-0.2, 0) is 9.53 Å². The van der Waals surface area contributed by atoms with Crippen molar-refractivity contribution in [3.8, 4) is 5.75 Å². The van der Waals surface area contributed by atoms with Crippen molar-refractivity contribution < 1.29 is 19.1 Å². The highest BCUT2D eigenvalue weighted by Crippen LogP contribution is 2.36. The Kier molecular flexibility index (Phi) is 6.74. The van der Waals surface area contributed by atoms with Gasteiger partial charge in [0.15, 0.2) is 11.4 Å². The van der Waals surface area contributed by atoms with E-state index >= 15 is 0 Å². The predicted molar refractivity (Wildman–Crippen MR) is 133 cm³/mol. The molecule has 0 bridgehead atoms. The first-order valence-electron chi connectivity index (χ1n) is 9.36. The number of nitrogens with zero attached hydrogens (tertiary/aromatic N) is 1. The highest BCUT2D eigenvalue weighted by atomic mass is 79.9. The van der Waals surface area contributed by atoms with Gasteiger partial charge in [0.1, 0.15) is 0 Å². The predicted octanol–water partition coefficient (Wildman–Crippen LogP) is 6.85. The minimum atomic E-state index is -0.582. The first-order valence-corrected chi connectivity index (χ1v) is 11.7. The molecule has 0 atom stereocenters. The molecule has 1 aliphatic rings. The normalized spacial score (nSPS) is 14.3. The van der Waals surface area contributed by atoms with Gasteiger partial charge in [0, 0.05) is 20.1 Å². The summed E-state index contributed by atoms with van der Waals surface area (Å²) < 4.78 is 13.1. The van der Waals surface area contributed by atoms with E-state index in [1.165, 1.54) is 6.08 Å². The van der Waals surface area contributed by atoms with Crippen molar-refractivity contribution in [2.24, 2.45) is 4.99 Å². The topological polar surface area (TPSA) is 65.0 Å². The van der Waals surface area contributed by atoms with Crippen LogP contribution in [0.5, 0.6) is 5.75 Å². The van der Waals surface area contributed by atoms with Gasteiger partial charge in [0.25, 0.3) is 0 Å². The summed E-state index contributed by atoms with van der Waals surface area (Å²) in [5.41, 5.74) is 2.76. The third kappa shape index (κ3) is 5.09. The maximum absolute atomic E-state index is 12.7. The Labute approximate surface area is 209 Å². The molecule has 0 saturated heterocycles. The summed E-state index contributed by atoms with van der Waals surface area (Å²) in [4.78, 5) is 29.5. The Hall–Kier alpha value is -2.55. The average Bonchev–Trinajstić information content (AvgIpc) is 3.11. The zero-order valence-electron chi connectivity index (χ0n) is 16.6. The van der Waals surface area contributed by atoms with E-state index < -0.39 is 11.9 Å². The van der Waals surface area contributed by atoms with Crippen LogP contribution in [0.4, 0.5) is 0 Å². The van der Waals surface area contributed by atoms with E-state index in [0.717, 1.165) is 14.5 Å². The SMILES string of the molecule is Cc1ccc(C2=N/C(=C\c3cc(Br)cc(Br)c3OC(=O)c3ccc(Br)cc3)C(=O)O2)cc1. The molecule has 5 nitrogen and oxygen atoms in total. The maximum Gasteiger partial charge on any atom is 0.363 e. The molecule has 3 aromatic carbocycles. The Bertz CT molecular complexity index is 1280. The number of hydrogen-bond donors (Lipinski definition) is 0. The van der Waals surface area contributed by atoms with Crippen LogP contribution >= 0.6 is 47.8 Å². The van der Waals surface area contributed by atoms with E-state index in [2.05, 4.69) is 52.8 Å². The third-order valence-electron chi connectivity index (χ3n) is 4.52. The molecule has 0 amide bonds. The molecule has 0 fully saturated rings. The number of benzene rings is 3. The maximum atomic E-state index is 12.7. The Balaban J connectivity index is 1.69.